The van der Waals surface area contributed by atoms with Crippen LogP contribution in [0, 0.1) is 17.0 Å². The van der Waals surface area contributed by atoms with Crippen LogP contribution in [0.4, 0.5) is 14.5 Å². The van der Waals surface area contributed by atoms with Gasteiger partial charge in [0.15, 0.2) is 0 Å². The van der Waals surface area contributed by atoms with Gasteiger partial charge < -0.3 is 5.73 Å². The highest BCUT2D eigenvalue weighted by Gasteiger charge is 2.24. The Bertz CT molecular complexity index is 396. The Morgan fingerprint density at radius 2 is 2.27 bits per heavy atom. The minimum Gasteiger partial charge on any atom is -0.326 e. The average Bonchev–Trinajstić information content (AvgIpc) is 2.15. The maximum Gasteiger partial charge on any atom is 0.280 e. The van der Waals surface area contributed by atoms with E-state index in [-0.39, 0.29) is 23.4 Å². The second-order valence-corrected chi connectivity index (χ2v) is 2.90. The van der Waals surface area contributed by atoms with Crippen LogP contribution in [-0.2, 0) is 6.54 Å². The number of aromatic nitrogens is 1. The van der Waals surface area contributed by atoms with Crippen LogP contribution in [0.3, 0.4) is 0 Å². The smallest absolute Gasteiger partial charge is 0.280 e. The Morgan fingerprint density at radius 1 is 1.67 bits per heavy atom. The second kappa shape index (κ2) is 4.26. The van der Waals surface area contributed by atoms with Gasteiger partial charge in [-0.05, 0) is 6.92 Å². The molecule has 1 rings (SSSR count). The Hall–Kier alpha value is -1.63. The van der Waals surface area contributed by atoms with E-state index in [9.17, 15) is 18.9 Å². The fraction of sp³-hybridized carbons (Fsp3) is 0.375. The molecule has 0 aliphatic rings. The fourth-order valence-corrected chi connectivity index (χ4v) is 1.29. The molecule has 0 aromatic carbocycles. The number of nitrogens with zero attached hydrogens (tertiary/aromatic N) is 2. The summed E-state index contributed by atoms with van der Waals surface area (Å²) in [7, 11) is 0. The largest absolute Gasteiger partial charge is 0.326 e. The van der Waals surface area contributed by atoms with Gasteiger partial charge in [-0.15, -0.1) is 0 Å². The first-order chi connectivity index (χ1) is 6.99. The van der Waals surface area contributed by atoms with E-state index in [1.54, 1.807) is 0 Å². The van der Waals surface area contributed by atoms with Gasteiger partial charge in [-0.25, -0.2) is 8.78 Å². The molecule has 0 saturated heterocycles. The van der Waals surface area contributed by atoms with Crippen molar-refractivity contribution < 1.29 is 13.7 Å². The summed E-state index contributed by atoms with van der Waals surface area (Å²) in [6.07, 6.45) is -1.80. The zero-order valence-corrected chi connectivity index (χ0v) is 7.91. The van der Waals surface area contributed by atoms with Gasteiger partial charge in [-0.3, -0.25) is 15.1 Å². The van der Waals surface area contributed by atoms with Crippen molar-refractivity contribution in [3.8, 4) is 0 Å². The highest BCUT2D eigenvalue weighted by Crippen LogP contribution is 2.29. The van der Waals surface area contributed by atoms with Crippen molar-refractivity contribution in [1.82, 2.24) is 4.98 Å². The summed E-state index contributed by atoms with van der Waals surface area (Å²) in [5, 5.41) is 10.7. The van der Waals surface area contributed by atoms with E-state index in [2.05, 4.69) is 4.98 Å². The third-order valence-electron chi connectivity index (χ3n) is 2.01. The molecule has 0 atom stereocenters. The Kier molecular flexibility index (Phi) is 3.25. The van der Waals surface area contributed by atoms with Crippen LogP contribution in [0.1, 0.15) is 23.2 Å². The SMILES string of the molecule is Cc1c(C(F)F)ncc(CN)c1[N+](=O)[O-]. The first-order valence-electron chi connectivity index (χ1n) is 4.10. The molecule has 0 fully saturated rings. The molecule has 0 saturated carbocycles. The molecular weight excluding hydrogens is 208 g/mol. The highest BCUT2D eigenvalue weighted by atomic mass is 19.3. The van der Waals surface area contributed by atoms with Gasteiger partial charge in [-0.2, -0.15) is 0 Å². The summed E-state index contributed by atoms with van der Waals surface area (Å²) >= 11 is 0. The number of nitrogens with two attached hydrogens (primary N) is 1. The third kappa shape index (κ3) is 2.07. The van der Waals surface area contributed by atoms with Gasteiger partial charge in [0.2, 0.25) is 0 Å². The maximum atomic E-state index is 12.4. The van der Waals surface area contributed by atoms with Crippen LogP contribution < -0.4 is 5.73 Å². The van der Waals surface area contributed by atoms with Crippen molar-refractivity contribution in [2.24, 2.45) is 5.73 Å². The molecule has 0 bridgehead atoms. The van der Waals surface area contributed by atoms with E-state index < -0.39 is 17.0 Å². The fourth-order valence-electron chi connectivity index (χ4n) is 1.29. The predicted molar refractivity (Wildman–Crippen MR) is 48.5 cm³/mol. The lowest BCUT2D eigenvalue weighted by Crippen LogP contribution is -2.07. The van der Waals surface area contributed by atoms with Crippen molar-refractivity contribution in [3.05, 3.63) is 33.1 Å². The first kappa shape index (κ1) is 11.4. The summed E-state index contributed by atoms with van der Waals surface area (Å²) in [5.74, 6) is 0. The number of halogens is 2. The van der Waals surface area contributed by atoms with Crippen molar-refractivity contribution >= 4 is 5.69 Å². The molecule has 0 aliphatic carbocycles. The quantitative estimate of drug-likeness (QED) is 0.617. The van der Waals surface area contributed by atoms with E-state index in [1.165, 1.54) is 6.92 Å². The Balaban J connectivity index is 3.42. The summed E-state index contributed by atoms with van der Waals surface area (Å²) < 4.78 is 24.8. The number of hydrogen-bond donors (Lipinski definition) is 1. The summed E-state index contributed by atoms with van der Waals surface area (Å²) in [4.78, 5) is 13.4. The lowest BCUT2D eigenvalue weighted by atomic mass is 10.1. The summed E-state index contributed by atoms with van der Waals surface area (Å²) in [6, 6.07) is 0. The van der Waals surface area contributed by atoms with Crippen LogP contribution in [-0.4, -0.2) is 9.91 Å². The van der Waals surface area contributed by atoms with Gasteiger partial charge in [0.25, 0.3) is 12.1 Å². The minimum absolute atomic E-state index is 0.104. The minimum atomic E-state index is -2.82. The van der Waals surface area contributed by atoms with E-state index in [0.717, 1.165) is 6.20 Å². The summed E-state index contributed by atoms with van der Waals surface area (Å²) in [6.45, 7) is 1.14. The normalized spacial score (nSPS) is 10.7. The monoisotopic (exact) mass is 217 g/mol. The first-order valence-corrected chi connectivity index (χ1v) is 4.10. The topological polar surface area (TPSA) is 82.0 Å². The van der Waals surface area contributed by atoms with E-state index in [1.807, 2.05) is 0 Å². The summed E-state index contributed by atoms with van der Waals surface area (Å²) in [5.41, 5.74) is 4.34. The molecule has 0 radical (unpaired) electrons. The molecule has 0 aliphatic heterocycles. The molecular formula is C8H9F2N3O2. The number of pyridine rings is 1. The van der Waals surface area contributed by atoms with Gasteiger partial charge in [0.1, 0.15) is 5.69 Å². The number of hydrogen-bond acceptors (Lipinski definition) is 4. The van der Waals surface area contributed by atoms with Gasteiger partial charge in [-0.1, -0.05) is 0 Å². The highest BCUT2D eigenvalue weighted by molar-refractivity contribution is 5.48. The predicted octanol–water partition coefficient (Wildman–Crippen LogP) is 1.69. The van der Waals surface area contributed by atoms with Crippen molar-refractivity contribution in [1.29, 1.82) is 0 Å². The molecule has 1 aromatic heterocycles. The van der Waals surface area contributed by atoms with E-state index in [4.69, 9.17) is 5.73 Å². The van der Waals surface area contributed by atoms with E-state index >= 15 is 0 Å². The average molecular weight is 217 g/mol. The van der Waals surface area contributed by atoms with Crippen molar-refractivity contribution in [2.45, 2.75) is 19.9 Å². The molecule has 1 heterocycles. The van der Waals surface area contributed by atoms with Crippen LogP contribution in [0.25, 0.3) is 0 Å². The van der Waals surface area contributed by atoms with Gasteiger partial charge >= 0.3 is 0 Å². The molecule has 5 nitrogen and oxygen atoms in total. The van der Waals surface area contributed by atoms with Crippen LogP contribution >= 0.6 is 0 Å². The third-order valence-corrected chi connectivity index (χ3v) is 2.01. The van der Waals surface area contributed by atoms with Gasteiger partial charge in [0.05, 0.1) is 16.1 Å². The Labute approximate surface area is 84.1 Å². The molecule has 0 amide bonds. The van der Waals surface area contributed by atoms with Crippen LogP contribution in [0.2, 0.25) is 0 Å². The molecule has 15 heavy (non-hydrogen) atoms. The number of nitro groups is 1. The molecule has 82 valence electrons. The van der Waals surface area contributed by atoms with E-state index in [0.29, 0.717) is 0 Å². The van der Waals surface area contributed by atoms with Crippen LogP contribution in [0.15, 0.2) is 6.20 Å². The molecule has 7 heteroatoms. The van der Waals surface area contributed by atoms with Crippen molar-refractivity contribution in [3.63, 3.8) is 0 Å². The van der Waals surface area contributed by atoms with Gasteiger partial charge in [0, 0.05) is 12.7 Å². The second-order valence-electron chi connectivity index (χ2n) is 2.90. The molecule has 0 unspecified atom stereocenters. The van der Waals surface area contributed by atoms with Crippen LogP contribution in [0.5, 0.6) is 0 Å². The molecule has 0 spiro atoms. The molecule has 2 N–H and O–H groups in total. The number of rotatable bonds is 3. The zero-order valence-electron chi connectivity index (χ0n) is 7.91. The van der Waals surface area contributed by atoms with Crippen molar-refractivity contribution in [2.75, 3.05) is 0 Å². The lowest BCUT2D eigenvalue weighted by Gasteiger charge is -2.07. The molecule has 1 aromatic rings. The zero-order chi connectivity index (χ0) is 11.6. The number of alkyl halides is 2. The Morgan fingerprint density at radius 3 is 2.67 bits per heavy atom. The maximum absolute atomic E-state index is 12.4. The lowest BCUT2D eigenvalue weighted by molar-refractivity contribution is -0.386. The standard InChI is InChI=1S/C8H9F2N3O2/c1-4-6(8(9)10)12-3-5(2-11)7(4)13(14)15/h3,8H,2,11H2,1H3.